The van der Waals surface area contributed by atoms with Gasteiger partial charge in [0.2, 0.25) is 15.1 Å². The maximum absolute atomic E-state index is 9.40. The van der Waals surface area contributed by atoms with Gasteiger partial charge < -0.3 is 0 Å². The molecule has 0 heterocycles. The Hall–Kier alpha value is -0.380. The lowest BCUT2D eigenvalue weighted by molar-refractivity contribution is 0.564. The molecule has 0 amide bonds. The van der Waals surface area contributed by atoms with E-state index in [0.29, 0.717) is 0 Å². The van der Waals surface area contributed by atoms with Crippen LogP contribution in [0, 0.1) is 0 Å². The summed E-state index contributed by atoms with van der Waals surface area (Å²) in [5, 5.41) is 0. The summed E-state index contributed by atoms with van der Waals surface area (Å²) >= 11 is 0. The Bertz CT molecular complexity index is 183. The zero-order chi connectivity index (χ0) is 7.91. The van der Waals surface area contributed by atoms with Crippen molar-refractivity contribution in [2.75, 3.05) is 13.3 Å². The van der Waals surface area contributed by atoms with Crippen molar-refractivity contribution in [3.8, 4) is 0 Å². The number of isocyanates is 1. The van der Waals surface area contributed by atoms with Crippen LogP contribution in [0.5, 0.6) is 0 Å². The number of hydrogen-bond donors (Lipinski definition) is 0. The van der Waals surface area contributed by atoms with E-state index in [0.717, 1.165) is 6.26 Å². The molecule has 0 aromatic carbocycles. The summed E-state index contributed by atoms with van der Waals surface area (Å²) in [7, 11) is 2.69. The standard InChI is InChI=1S/C2H3NO.CH3ClO2S/c1-3-2-4;1-5(2,3)4/h1H3;1H3. The van der Waals surface area contributed by atoms with E-state index in [1.165, 1.54) is 13.1 Å². The summed E-state index contributed by atoms with van der Waals surface area (Å²) in [5.74, 6) is 0. The van der Waals surface area contributed by atoms with Crippen molar-refractivity contribution < 1.29 is 13.2 Å². The molecule has 0 saturated carbocycles. The lowest BCUT2D eigenvalue weighted by atomic mass is 11.4. The molecule has 0 rings (SSSR count). The molecular weight excluding hydrogens is 166 g/mol. The van der Waals surface area contributed by atoms with Gasteiger partial charge in [0.25, 0.3) is 0 Å². The SMILES string of the molecule is CN=C=O.CS(=O)(=O)Cl. The molecule has 4 nitrogen and oxygen atoms in total. The van der Waals surface area contributed by atoms with E-state index in [-0.39, 0.29) is 0 Å². The lowest BCUT2D eigenvalue weighted by Crippen LogP contribution is -1.76. The average Bonchev–Trinajstić information content (AvgIpc) is 1.61. The van der Waals surface area contributed by atoms with Crippen LogP contribution in [-0.4, -0.2) is 27.8 Å². The second-order valence-corrected chi connectivity index (χ2v) is 4.04. The van der Waals surface area contributed by atoms with Crippen LogP contribution in [0.25, 0.3) is 0 Å². The van der Waals surface area contributed by atoms with Gasteiger partial charge in [0.1, 0.15) is 0 Å². The van der Waals surface area contributed by atoms with Crippen LogP contribution in [0.1, 0.15) is 0 Å². The summed E-state index contributed by atoms with van der Waals surface area (Å²) in [6.07, 6.45) is 2.23. The first kappa shape index (κ1) is 11.4. The molecule has 0 aliphatic heterocycles. The van der Waals surface area contributed by atoms with Crippen molar-refractivity contribution in [3.63, 3.8) is 0 Å². The van der Waals surface area contributed by atoms with Crippen LogP contribution in [0.2, 0.25) is 0 Å². The maximum Gasteiger partial charge on any atom is 0.234 e. The van der Waals surface area contributed by atoms with Crippen LogP contribution < -0.4 is 0 Å². The summed E-state index contributed by atoms with van der Waals surface area (Å²) in [6, 6.07) is 0. The van der Waals surface area contributed by atoms with E-state index in [9.17, 15) is 8.42 Å². The van der Waals surface area contributed by atoms with Crippen LogP contribution in [0.15, 0.2) is 4.99 Å². The van der Waals surface area contributed by atoms with Gasteiger partial charge in [-0.25, -0.2) is 18.2 Å². The van der Waals surface area contributed by atoms with E-state index in [2.05, 4.69) is 15.7 Å². The molecule has 0 atom stereocenters. The minimum absolute atomic E-state index is 0.925. The topological polar surface area (TPSA) is 63.6 Å². The van der Waals surface area contributed by atoms with Gasteiger partial charge in [-0.05, 0) is 0 Å². The van der Waals surface area contributed by atoms with Crippen LogP contribution in [0.4, 0.5) is 0 Å². The zero-order valence-corrected chi connectivity index (χ0v) is 6.53. The molecule has 0 aromatic rings. The summed E-state index contributed by atoms with van der Waals surface area (Å²) in [4.78, 5) is 11.8. The van der Waals surface area contributed by atoms with Crippen LogP contribution in [-0.2, 0) is 13.8 Å². The highest BCUT2D eigenvalue weighted by molar-refractivity contribution is 8.13. The number of aliphatic imine (C=N–C) groups is 1. The van der Waals surface area contributed by atoms with Crippen LogP contribution in [0.3, 0.4) is 0 Å². The fourth-order valence-electron chi connectivity index (χ4n) is 0. The van der Waals surface area contributed by atoms with Gasteiger partial charge in [-0.1, -0.05) is 0 Å². The number of carbonyl (C=O) groups excluding carboxylic acids is 1. The van der Waals surface area contributed by atoms with Gasteiger partial charge in [0.05, 0.1) is 6.26 Å². The van der Waals surface area contributed by atoms with E-state index in [4.69, 9.17) is 4.79 Å². The highest BCUT2D eigenvalue weighted by Gasteiger charge is 1.83. The Morgan fingerprint density at radius 3 is 1.67 bits per heavy atom. The summed E-state index contributed by atoms with van der Waals surface area (Å²) < 4.78 is 18.8. The zero-order valence-electron chi connectivity index (χ0n) is 4.96. The predicted octanol–water partition coefficient (Wildman–Crippen LogP) is 0.137. The van der Waals surface area contributed by atoms with Crippen molar-refractivity contribution in [1.29, 1.82) is 0 Å². The molecule has 0 saturated heterocycles. The van der Waals surface area contributed by atoms with Gasteiger partial charge in [-0.2, -0.15) is 0 Å². The monoisotopic (exact) mass is 171 g/mol. The van der Waals surface area contributed by atoms with Crippen LogP contribution >= 0.6 is 10.7 Å². The molecule has 0 N–H and O–H groups in total. The quantitative estimate of drug-likeness (QED) is 0.296. The smallest absolute Gasteiger partial charge is 0.213 e. The number of halogens is 1. The summed E-state index contributed by atoms with van der Waals surface area (Å²) in [6.45, 7) is 0. The highest BCUT2D eigenvalue weighted by atomic mass is 35.7. The van der Waals surface area contributed by atoms with Gasteiger partial charge in [-0.15, -0.1) is 0 Å². The number of rotatable bonds is 0. The fraction of sp³-hybridized carbons (Fsp3) is 0.667. The average molecular weight is 172 g/mol. The molecule has 0 spiro atoms. The molecule has 0 aliphatic rings. The highest BCUT2D eigenvalue weighted by Crippen LogP contribution is 1.83. The minimum Gasteiger partial charge on any atom is -0.213 e. The van der Waals surface area contributed by atoms with Crippen molar-refractivity contribution in [2.24, 2.45) is 4.99 Å². The molecule has 54 valence electrons. The third-order valence-corrected chi connectivity index (χ3v) is 0.0913. The maximum atomic E-state index is 9.40. The minimum atomic E-state index is -3.19. The normalized spacial score (nSPS) is 8.33. The molecule has 0 aromatic heterocycles. The van der Waals surface area contributed by atoms with E-state index in [1.54, 1.807) is 0 Å². The molecular formula is C3H6ClNO3S. The van der Waals surface area contributed by atoms with E-state index < -0.39 is 9.05 Å². The van der Waals surface area contributed by atoms with Gasteiger partial charge in [0, 0.05) is 17.7 Å². The molecule has 0 bridgehead atoms. The molecule has 0 aliphatic carbocycles. The first-order valence-electron chi connectivity index (χ1n) is 1.77. The third kappa shape index (κ3) is 626. The first-order valence-corrected chi connectivity index (χ1v) is 4.49. The van der Waals surface area contributed by atoms with Crippen molar-refractivity contribution in [1.82, 2.24) is 0 Å². The first-order chi connectivity index (χ1) is 3.91. The second-order valence-electron chi connectivity index (χ2n) is 0.997. The lowest BCUT2D eigenvalue weighted by Gasteiger charge is -1.65. The largest absolute Gasteiger partial charge is 0.234 e. The molecule has 0 unspecified atom stereocenters. The third-order valence-electron chi connectivity index (χ3n) is 0.0913. The Kier molecular flexibility index (Phi) is 7.30. The van der Waals surface area contributed by atoms with Gasteiger partial charge in [-0.3, -0.25) is 0 Å². The van der Waals surface area contributed by atoms with E-state index in [1.807, 2.05) is 0 Å². The van der Waals surface area contributed by atoms with Crippen molar-refractivity contribution in [2.45, 2.75) is 0 Å². The van der Waals surface area contributed by atoms with Crippen molar-refractivity contribution in [3.05, 3.63) is 0 Å². The van der Waals surface area contributed by atoms with E-state index >= 15 is 0 Å². The molecule has 0 fully saturated rings. The molecule has 0 radical (unpaired) electrons. The second kappa shape index (κ2) is 5.75. The molecule has 9 heavy (non-hydrogen) atoms. The number of nitrogens with zero attached hydrogens (tertiary/aromatic N) is 1. The predicted molar refractivity (Wildman–Crippen MR) is 34.7 cm³/mol. The number of hydrogen-bond acceptors (Lipinski definition) is 4. The Morgan fingerprint density at radius 2 is 1.67 bits per heavy atom. The van der Waals surface area contributed by atoms with Crippen molar-refractivity contribution >= 4 is 25.8 Å². The Labute approximate surface area is 58.0 Å². The molecule has 6 heteroatoms. The van der Waals surface area contributed by atoms with Gasteiger partial charge >= 0.3 is 0 Å². The Morgan fingerprint density at radius 1 is 1.56 bits per heavy atom. The fourth-order valence-corrected chi connectivity index (χ4v) is 0. The Balaban J connectivity index is 0. The summed E-state index contributed by atoms with van der Waals surface area (Å²) in [5.41, 5.74) is 0. The van der Waals surface area contributed by atoms with Gasteiger partial charge in [0.15, 0.2) is 0 Å².